The van der Waals surface area contributed by atoms with E-state index in [1.807, 2.05) is 48.0 Å². The van der Waals surface area contributed by atoms with Gasteiger partial charge in [0.2, 0.25) is 5.88 Å². The number of urea groups is 1. The fourth-order valence-electron chi connectivity index (χ4n) is 3.73. The van der Waals surface area contributed by atoms with Gasteiger partial charge < -0.3 is 10.1 Å². The van der Waals surface area contributed by atoms with E-state index in [1.54, 1.807) is 6.20 Å². The Labute approximate surface area is 164 Å². The lowest BCUT2D eigenvalue weighted by atomic mass is 9.91. The van der Waals surface area contributed by atoms with Gasteiger partial charge in [0.25, 0.3) is 0 Å². The molecule has 1 aliphatic heterocycles. The molecule has 4 rings (SSSR count). The first-order valence-corrected chi connectivity index (χ1v) is 9.77. The van der Waals surface area contributed by atoms with Gasteiger partial charge in [0, 0.05) is 11.9 Å². The number of pyridine rings is 1. The summed E-state index contributed by atoms with van der Waals surface area (Å²) in [6.07, 6.45) is 3.58. The van der Waals surface area contributed by atoms with E-state index in [1.165, 1.54) is 0 Å². The topological polar surface area (TPSA) is 81.1 Å². The smallest absolute Gasteiger partial charge is 0.320 e. The molecule has 1 aromatic carbocycles. The summed E-state index contributed by atoms with van der Waals surface area (Å²) < 4.78 is 7.88. The van der Waals surface area contributed by atoms with Crippen LogP contribution >= 0.6 is 0 Å². The van der Waals surface area contributed by atoms with Crippen LogP contribution < -0.4 is 15.4 Å². The van der Waals surface area contributed by atoms with Gasteiger partial charge in [-0.25, -0.2) is 4.79 Å². The van der Waals surface area contributed by atoms with Crippen molar-refractivity contribution in [2.75, 3.05) is 11.9 Å². The summed E-state index contributed by atoms with van der Waals surface area (Å²) in [5.74, 6) is 1.24. The highest BCUT2D eigenvalue weighted by molar-refractivity contribution is 5.92. The Morgan fingerprint density at radius 1 is 1.29 bits per heavy atom. The van der Waals surface area contributed by atoms with E-state index >= 15 is 0 Å². The third-order valence-electron chi connectivity index (χ3n) is 5.18. The van der Waals surface area contributed by atoms with Crippen molar-refractivity contribution >= 4 is 22.8 Å². The number of hydrogen-bond acceptors (Lipinski definition) is 4. The molecule has 0 radical (unpaired) electrons. The van der Waals surface area contributed by atoms with E-state index in [4.69, 9.17) is 4.74 Å². The lowest BCUT2D eigenvalue weighted by Crippen LogP contribution is -2.36. The molecular weight excluding hydrogens is 354 g/mol. The van der Waals surface area contributed by atoms with Crippen LogP contribution in [0.4, 0.5) is 10.6 Å². The molecule has 0 saturated carbocycles. The summed E-state index contributed by atoms with van der Waals surface area (Å²) in [6, 6.07) is 11.5. The number of aromatic nitrogens is 3. The van der Waals surface area contributed by atoms with Crippen LogP contribution in [0, 0.1) is 5.92 Å². The fraction of sp³-hybridized carbons (Fsp3) is 0.381. The molecule has 0 fully saturated rings. The number of hydrogen-bond donors (Lipinski definition) is 2. The largest absolute Gasteiger partial charge is 0.476 e. The minimum absolute atomic E-state index is 0.0772. The molecule has 2 N–H and O–H groups in total. The van der Waals surface area contributed by atoms with Gasteiger partial charge in [0.15, 0.2) is 0 Å². The van der Waals surface area contributed by atoms with Crippen molar-refractivity contribution in [2.24, 2.45) is 5.92 Å². The molecule has 7 heteroatoms. The summed E-state index contributed by atoms with van der Waals surface area (Å²) in [5, 5.41) is 11.3. The maximum Gasteiger partial charge on any atom is 0.320 e. The summed E-state index contributed by atoms with van der Waals surface area (Å²) in [6.45, 7) is 5.48. The third-order valence-corrected chi connectivity index (χ3v) is 5.18. The van der Waals surface area contributed by atoms with Crippen molar-refractivity contribution in [1.82, 2.24) is 20.1 Å². The number of fused-ring (bicyclic) bond motifs is 4. The zero-order chi connectivity index (χ0) is 19.5. The van der Waals surface area contributed by atoms with Crippen molar-refractivity contribution in [1.29, 1.82) is 0 Å². The molecule has 2 aromatic heterocycles. The molecule has 0 aliphatic carbocycles. The number of nitrogens with zero attached hydrogens (tertiary/aromatic N) is 3. The summed E-state index contributed by atoms with van der Waals surface area (Å²) in [5.41, 5.74) is 1.96. The Kier molecular flexibility index (Phi) is 5.14. The molecular formula is C21H25N5O2. The molecule has 2 bridgehead atoms. The number of amides is 2. The summed E-state index contributed by atoms with van der Waals surface area (Å²) in [4.78, 5) is 17.2. The first-order chi connectivity index (χ1) is 13.7. The minimum atomic E-state index is -0.276. The Balaban J connectivity index is 1.68. The number of carbonyl (C=O) groups excluding carboxylic acids is 1. The number of rotatable bonds is 2. The van der Waals surface area contributed by atoms with Gasteiger partial charge in [-0.3, -0.25) is 10.00 Å². The molecule has 28 heavy (non-hydrogen) atoms. The average Bonchev–Trinajstić information content (AvgIpc) is 3.12. The zero-order valence-electron chi connectivity index (χ0n) is 16.2. The molecule has 3 aromatic rings. The van der Waals surface area contributed by atoms with Crippen LogP contribution in [-0.4, -0.2) is 27.4 Å². The average molecular weight is 379 g/mol. The van der Waals surface area contributed by atoms with Gasteiger partial charge in [-0.05, 0) is 37.3 Å². The second kappa shape index (κ2) is 7.88. The second-order valence-corrected chi connectivity index (χ2v) is 7.17. The summed E-state index contributed by atoms with van der Waals surface area (Å²) in [7, 11) is 0. The number of carbonyl (C=O) groups is 1. The quantitative estimate of drug-likeness (QED) is 0.702. The van der Waals surface area contributed by atoms with E-state index in [0.29, 0.717) is 18.3 Å². The lowest BCUT2D eigenvalue weighted by Gasteiger charge is -2.26. The first kappa shape index (κ1) is 18.3. The Bertz CT molecular complexity index is 970. The Hall–Kier alpha value is -3.09. The number of aryl methyl sites for hydroxylation is 1. The van der Waals surface area contributed by atoms with E-state index in [0.717, 1.165) is 35.9 Å². The molecule has 0 saturated heterocycles. The van der Waals surface area contributed by atoms with E-state index in [2.05, 4.69) is 27.6 Å². The Morgan fingerprint density at radius 3 is 2.89 bits per heavy atom. The van der Waals surface area contributed by atoms with Crippen molar-refractivity contribution in [2.45, 2.75) is 39.3 Å². The fourth-order valence-corrected chi connectivity index (χ4v) is 3.73. The summed E-state index contributed by atoms with van der Waals surface area (Å²) >= 11 is 0. The van der Waals surface area contributed by atoms with Crippen molar-refractivity contribution in [3.8, 4) is 5.88 Å². The number of nitrogens with one attached hydrogen (secondary N) is 2. The van der Waals surface area contributed by atoms with Gasteiger partial charge in [-0.15, -0.1) is 0 Å². The molecule has 1 aliphatic rings. The van der Waals surface area contributed by atoms with Crippen molar-refractivity contribution < 1.29 is 9.53 Å². The molecule has 2 amide bonds. The number of anilines is 1. The van der Waals surface area contributed by atoms with Gasteiger partial charge in [-0.1, -0.05) is 37.3 Å². The van der Waals surface area contributed by atoms with Crippen LogP contribution in [0.15, 0.2) is 42.6 Å². The number of benzene rings is 1. The predicted molar refractivity (Wildman–Crippen MR) is 108 cm³/mol. The molecule has 146 valence electrons. The maximum atomic E-state index is 12.7. The van der Waals surface area contributed by atoms with Crippen molar-refractivity contribution in [3.05, 3.63) is 48.2 Å². The van der Waals surface area contributed by atoms with Gasteiger partial charge >= 0.3 is 6.03 Å². The zero-order valence-corrected chi connectivity index (χ0v) is 16.2. The van der Waals surface area contributed by atoms with Crippen LogP contribution in [-0.2, 0) is 6.54 Å². The Morgan fingerprint density at radius 2 is 2.11 bits per heavy atom. The second-order valence-electron chi connectivity index (χ2n) is 7.17. The minimum Gasteiger partial charge on any atom is -0.476 e. The number of ether oxygens (including phenoxy) is 1. The van der Waals surface area contributed by atoms with Crippen LogP contribution in [0.3, 0.4) is 0 Å². The predicted octanol–water partition coefficient (Wildman–Crippen LogP) is 4.12. The molecule has 3 heterocycles. The highest BCUT2D eigenvalue weighted by Gasteiger charge is 2.23. The maximum absolute atomic E-state index is 12.7. The first-order valence-electron chi connectivity index (χ1n) is 9.77. The monoisotopic (exact) mass is 379 g/mol. The molecule has 2 unspecified atom stereocenters. The van der Waals surface area contributed by atoms with E-state index in [9.17, 15) is 4.79 Å². The third kappa shape index (κ3) is 3.65. The van der Waals surface area contributed by atoms with Crippen LogP contribution in [0.1, 0.15) is 38.3 Å². The van der Waals surface area contributed by atoms with Crippen LogP contribution in [0.25, 0.3) is 10.9 Å². The SMILES string of the molecule is CCn1ncc2cc3nc(c21)OCCCC(C)C(c1ccccc1)NC(=O)N3. The molecule has 2 atom stereocenters. The van der Waals surface area contributed by atoms with Gasteiger partial charge in [0.1, 0.15) is 11.3 Å². The van der Waals surface area contributed by atoms with Crippen LogP contribution in [0.2, 0.25) is 0 Å². The normalized spacial score (nSPS) is 20.4. The highest BCUT2D eigenvalue weighted by atomic mass is 16.5. The van der Waals surface area contributed by atoms with E-state index in [-0.39, 0.29) is 18.0 Å². The van der Waals surface area contributed by atoms with E-state index < -0.39 is 0 Å². The standard InChI is InChI=1S/C21H25N5O2/c1-3-26-19-16(13-22-26)12-17-23-20(19)28-11-7-8-14(2)18(25-21(27)24-17)15-9-5-4-6-10-15/h4-6,9-10,12-14,18H,3,7-8,11H2,1-2H3,(H2,23,24,25,27). The molecule has 0 spiro atoms. The van der Waals surface area contributed by atoms with Crippen molar-refractivity contribution in [3.63, 3.8) is 0 Å². The highest BCUT2D eigenvalue weighted by Crippen LogP contribution is 2.29. The van der Waals surface area contributed by atoms with Gasteiger partial charge in [0.05, 0.1) is 18.8 Å². The van der Waals surface area contributed by atoms with Crippen LogP contribution in [0.5, 0.6) is 5.88 Å². The van der Waals surface area contributed by atoms with Gasteiger partial charge in [-0.2, -0.15) is 10.1 Å². The lowest BCUT2D eigenvalue weighted by molar-refractivity contribution is 0.238. The molecule has 7 nitrogen and oxygen atoms in total.